The number of aryl methyl sites for hydroxylation is 1. The van der Waals surface area contributed by atoms with E-state index in [2.05, 4.69) is 31.0 Å². The Morgan fingerprint density at radius 1 is 1.14 bits per heavy atom. The lowest BCUT2D eigenvalue weighted by molar-refractivity contribution is 0.526. The Morgan fingerprint density at radius 2 is 1.82 bits per heavy atom. The summed E-state index contributed by atoms with van der Waals surface area (Å²) < 4.78 is 27.9. The zero-order valence-electron chi connectivity index (χ0n) is 12.5. The van der Waals surface area contributed by atoms with Crippen molar-refractivity contribution >= 4 is 43.3 Å². The van der Waals surface area contributed by atoms with E-state index >= 15 is 0 Å². The number of nitrogens with one attached hydrogen (secondary N) is 2. The molecular weight excluding hydrogens is 368 g/mol. The van der Waals surface area contributed by atoms with Crippen LogP contribution in [0.5, 0.6) is 0 Å². The molecule has 0 aliphatic rings. The summed E-state index contributed by atoms with van der Waals surface area (Å²) in [6.45, 7) is 2.01. The number of pyridine rings is 1. The first-order chi connectivity index (χ1) is 10.3. The number of benzene rings is 1. The number of aromatic nitrogens is 1. The van der Waals surface area contributed by atoms with Gasteiger partial charge in [-0.05, 0) is 36.8 Å². The predicted octanol–water partition coefficient (Wildman–Crippen LogP) is 3.11. The van der Waals surface area contributed by atoms with E-state index in [4.69, 9.17) is 0 Å². The highest BCUT2D eigenvalue weighted by Crippen LogP contribution is 2.23. The highest BCUT2D eigenvalue weighted by atomic mass is 79.9. The van der Waals surface area contributed by atoms with Crippen LogP contribution in [-0.2, 0) is 10.2 Å². The maximum Gasteiger partial charge on any atom is 0.302 e. The van der Waals surface area contributed by atoms with E-state index in [1.165, 1.54) is 14.1 Å². The van der Waals surface area contributed by atoms with Crippen molar-refractivity contribution in [3.8, 4) is 0 Å². The molecule has 118 valence electrons. The maximum absolute atomic E-state index is 11.7. The highest BCUT2D eigenvalue weighted by molar-refractivity contribution is 9.10. The molecule has 2 N–H and O–H groups in total. The van der Waals surface area contributed by atoms with E-state index in [1.807, 2.05) is 25.1 Å². The third-order valence-corrected chi connectivity index (χ3v) is 5.22. The smallest absolute Gasteiger partial charge is 0.302 e. The Morgan fingerprint density at radius 3 is 2.36 bits per heavy atom. The van der Waals surface area contributed by atoms with E-state index in [-0.39, 0.29) is 5.82 Å². The highest BCUT2D eigenvalue weighted by Gasteiger charge is 2.13. The largest absolute Gasteiger partial charge is 0.354 e. The summed E-state index contributed by atoms with van der Waals surface area (Å²) >= 11 is 3.48. The lowest BCUT2D eigenvalue weighted by Gasteiger charge is -2.13. The topological polar surface area (TPSA) is 74.3 Å². The fourth-order valence-electron chi connectivity index (χ4n) is 1.59. The summed E-state index contributed by atoms with van der Waals surface area (Å²) in [7, 11) is -0.635. The molecule has 0 fully saturated rings. The SMILES string of the molecule is Cc1ccc(Nc2ccc(NS(=O)(=O)N(C)C)nc2)cc1Br. The summed E-state index contributed by atoms with van der Waals surface area (Å²) in [5.74, 6) is 0.268. The predicted molar refractivity (Wildman–Crippen MR) is 92.6 cm³/mol. The number of halogens is 1. The molecule has 0 amide bonds. The van der Waals surface area contributed by atoms with E-state index in [9.17, 15) is 8.42 Å². The van der Waals surface area contributed by atoms with Crippen LogP contribution in [0.4, 0.5) is 17.2 Å². The second-order valence-electron chi connectivity index (χ2n) is 4.91. The van der Waals surface area contributed by atoms with Crippen LogP contribution >= 0.6 is 15.9 Å². The van der Waals surface area contributed by atoms with Crippen molar-refractivity contribution < 1.29 is 8.42 Å². The molecule has 1 aromatic heterocycles. The molecule has 0 unspecified atom stereocenters. The molecule has 6 nitrogen and oxygen atoms in total. The average Bonchev–Trinajstić information content (AvgIpc) is 2.44. The molecule has 0 saturated carbocycles. The van der Waals surface area contributed by atoms with Crippen molar-refractivity contribution in [3.63, 3.8) is 0 Å². The summed E-state index contributed by atoms with van der Waals surface area (Å²) in [6.07, 6.45) is 1.57. The molecular formula is C14H17BrN4O2S. The number of hydrogen-bond donors (Lipinski definition) is 2. The van der Waals surface area contributed by atoms with Gasteiger partial charge in [0, 0.05) is 24.3 Å². The normalized spacial score (nSPS) is 11.5. The Bertz CT molecular complexity index is 761. The van der Waals surface area contributed by atoms with Crippen LogP contribution in [0.15, 0.2) is 41.0 Å². The first kappa shape index (κ1) is 16.7. The van der Waals surface area contributed by atoms with Crippen molar-refractivity contribution in [1.82, 2.24) is 9.29 Å². The summed E-state index contributed by atoms with van der Waals surface area (Å²) in [5.41, 5.74) is 2.83. The number of nitrogens with zero attached hydrogens (tertiary/aromatic N) is 2. The maximum atomic E-state index is 11.7. The van der Waals surface area contributed by atoms with Gasteiger partial charge in [-0.1, -0.05) is 22.0 Å². The number of anilines is 3. The molecule has 0 spiro atoms. The summed E-state index contributed by atoms with van der Waals surface area (Å²) in [6, 6.07) is 9.29. The Balaban J connectivity index is 2.10. The van der Waals surface area contributed by atoms with E-state index in [0.29, 0.717) is 0 Å². The van der Waals surface area contributed by atoms with Gasteiger partial charge < -0.3 is 5.32 Å². The molecule has 2 aromatic rings. The molecule has 0 saturated heterocycles. The van der Waals surface area contributed by atoms with Crippen LogP contribution in [0.3, 0.4) is 0 Å². The number of rotatable bonds is 5. The van der Waals surface area contributed by atoms with Gasteiger partial charge in [-0.15, -0.1) is 0 Å². The zero-order valence-corrected chi connectivity index (χ0v) is 14.9. The van der Waals surface area contributed by atoms with Gasteiger partial charge in [0.2, 0.25) is 0 Å². The standard InChI is InChI=1S/C14H17BrN4O2S/c1-10-4-5-11(8-13(10)15)17-12-6-7-14(16-9-12)18-22(20,21)19(2)3/h4-9,17H,1-3H3,(H,16,18). The lowest BCUT2D eigenvalue weighted by atomic mass is 10.2. The first-order valence-corrected chi connectivity index (χ1v) is 8.71. The Kier molecular flexibility index (Phi) is 5.05. The Labute approximate surface area is 138 Å². The van der Waals surface area contributed by atoms with Crippen molar-refractivity contribution in [3.05, 3.63) is 46.6 Å². The van der Waals surface area contributed by atoms with Crippen LogP contribution in [0, 0.1) is 6.92 Å². The molecule has 1 aromatic carbocycles. The fourth-order valence-corrected chi connectivity index (χ4v) is 2.54. The van der Waals surface area contributed by atoms with Gasteiger partial charge in [-0.25, -0.2) is 4.98 Å². The lowest BCUT2D eigenvalue weighted by Crippen LogP contribution is -2.29. The zero-order chi connectivity index (χ0) is 16.3. The molecule has 8 heteroatoms. The summed E-state index contributed by atoms with van der Waals surface area (Å²) in [4.78, 5) is 4.09. The molecule has 0 aliphatic heterocycles. The van der Waals surface area contributed by atoms with E-state index in [1.54, 1.807) is 18.3 Å². The van der Waals surface area contributed by atoms with Gasteiger partial charge in [-0.2, -0.15) is 12.7 Å². The third kappa shape index (κ3) is 4.19. The van der Waals surface area contributed by atoms with Crippen molar-refractivity contribution in [2.24, 2.45) is 0 Å². The van der Waals surface area contributed by atoms with Crippen LogP contribution in [-0.4, -0.2) is 31.8 Å². The van der Waals surface area contributed by atoms with Crippen LogP contribution in [0.25, 0.3) is 0 Å². The van der Waals surface area contributed by atoms with Crippen LogP contribution in [0.2, 0.25) is 0 Å². The molecule has 2 rings (SSSR count). The third-order valence-electron chi connectivity index (χ3n) is 2.94. The van der Waals surface area contributed by atoms with Gasteiger partial charge >= 0.3 is 10.2 Å². The minimum Gasteiger partial charge on any atom is -0.354 e. The minimum absolute atomic E-state index is 0.268. The molecule has 1 heterocycles. The second kappa shape index (κ2) is 6.64. The van der Waals surface area contributed by atoms with Crippen molar-refractivity contribution in [1.29, 1.82) is 0 Å². The van der Waals surface area contributed by atoms with Crippen LogP contribution < -0.4 is 10.0 Å². The van der Waals surface area contributed by atoms with Crippen LogP contribution in [0.1, 0.15) is 5.56 Å². The molecule has 0 bridgehead atoms. The average molecular weight is 385 g/mol. The van der Waals surface area contributed by atoms with Gasteiger partial charge in [-0.3, -0.25) is 4.72 Å². The van der Waals surface area contributed by atoms with Gasteiger partial charge in [0.15, 0.2) is 0 Å². The molecule has 0 atom stereocenters. The number of hydrogen-bond acceptors (Lipinski definition) is 4. The molecule has 22 heavy (non-hydrogen) atoms. The van der Waals surface area contributed by atoms with Crippen molar-refractivity contribution in [2.75, 3.05) is 24.1 Å². The summed E-state index contributed by atoms with van der Waals surface area (Å²) in [5, 5.41) is 3.20. The quantitative estimate of drug-likeness (QED) is 0.830. The molecule has 0 radical (unpaired) electrons. The fraction of sp³-hybridized carbons (Fsp3) is 0.214. The van der Waals surface area contributed by atoms with Crippen molar-refractivity contribution in [2.45, 2.75) is 6.92 Å². The van der Waals surface area contributed by atoms with E-state index in [0.717, 1.165) is 25.7 Å². The first-order valence-electron chi connectivity index (χ1n) is 6.47. The molecule has 0 aliphatic carbocycles. The van der Waals surface area contributed by atoms with Gasteiger partial charge in [0.05, 0.1) is 11.9 Å². The second-order valence-corrected chi connectivity index (χ2v) is 7.65. The van der Waals surface area contributed by atoms with Gasteiger partial charge in [0.1, 0.15) is 5.82 Å². The monoisotopic (exact) mass is 384 g/mol. The minimum atomic E-state index is -3.54. The van der Waals surface area contributed by atoms with E-state index < -0.39 is 10.2 Å². The van der Waals surface area contributed by atoms with Gasteiger partial charge in [0.25, 0.3) is 0 Å². The Hall–Kier alpha value is -1.64.